The van der Waals surface area contributed by atoms with Crippen LogP contribution in [0.1, 0.15) is 5.56 Å². The lowest BCUT2D eigenvalue weighted by Crippen LogP contribution is -2.51. The quantitative estimate of drug-likeness (QED) is 0.869. The first-order valence-corrected chi connectivity index (χ1v) is 6.28. The van der Waals surface area contributed by atoms with Gasteiger partial charge >= 0.3 is 6.36 Å². The Morgan fingerprint density at radius 1 is 1.33 bits per heavy atom. The Hall–Kier alpha value is -1.47. The molecule has 1 aromatic rings. The highest BCUT2D eigenvalue weighted by Crippen LogP contribution is 2.26. The Morgan fingerprint density at radius 3 is 2.57 bits per heavy atom. The molecule has 0 atom stereocenters. The molecule has 1 heterocycles. The monoisotopic (exact) mass is 324 g/mol. The zero-order valence-electron chi connectivity index (χ0n) is 11.1. The third-order valence-corrected chi connectivity index (χ3v) is 3.04. The summed E-state index contributed by atoms with van der Waals surface area (Å²) in [6.45, 7) is 1.59. The minimum Gasteiger partial charge on any atom is -0.406 e. The smallest absolute Gasteiger partial charge is 0.406 e. The molecule has 0 aliphatic carbocycles. The van der Waals surface area contributed by atoms with Crippen molar-refractivity contribution in [2.45, 2.75) is 12.8 Å². The minimum absolute atomic E-state index is 0. The first kappa shape index (κ1) is 17.6. The highest BCUT2D eigenvalue weighted by Gasteiger charge is 2.32. The van der Waals surface area contributed by atoms with Crippen LogP contribution in [0.5, 0.6) is 5.75 Å². The van der Waals surface area contributed by atoms with E-state index >= 15 is 0 Å². The summed E-state index contributed by atoms with van der Waals surface area (Å²) in [6, 6.07) is 5.93. The number of carbonyl (C=O) groups is 1. The second-order valence-electron chi connectivity index (χ2n) is 4.55. The SMILES string of the molecule is Cl.O=C(NCCc1ccccc1OC(F)(F)F)C1CNC1. The van der Waals surface area contributed by atoms with Crippen molar-refractivity contribution in [2.75, 3.05) is 19.6 Å². The molecule has 21 heavy (non-hydrogen) atoms. The Labute approximate surface area is 126 Å². The van der Waals surface area contributed by atoms with Crippen molar-refractivity contribution < 1.29 is 22.7 Å². The maximum Gasteiger partial charge on any atom is 0.573 e. The van der Waals surface area contributed by atoms with Crippen molar-refractivity contribution in [2.24, 2.45) is 5.92 Å². The lowest BCUT2D eigenvalue weighted by atomic mass is 10.0. The van der Waals surface area contributed by atoms with Crippen molar-refractivity contribution in [3.63, 3.8) is 0 Å². The Morgan fingerprint density at radius 2 is 2.00 bits per heavy atom. The molecular weight excluding hydrogens is 309 g/mol. The number of para-hydroxylation sites is 1. The molecule has 1 saturated heterocycles. The molecule has 1 aliphatic heterocycles. The van der Waals surface area contributed by atoms with E-state index in [1.807, 2.05) is 0 Å². The summed E-state index contributed by atoms with van der Waals surface area (Å²) in [6.07, 6.45) is -4.42. The fourth-order valence-electron chi connectivity index (χ4n) is 1.87. The summed E-state index contributed by atoms with van der Waals surface area (Å²) >= 11 is 0. The molecule has 0 saturated carbocycles. The second-order valence-corrected chi connectivity index (χ2v) is 4.55. The van der Waals surface area contributed by atoms with Crippen LogP contribution in [-0.4, -0.2) is 31.9 Å². The second kappa shape index (κ2) is 7.51. The number of hydrogen-bond acceptors (Lipinski definition) is 3. The number of rotatable bonds is 5. The van der Waals surface area contributed by atoms with Gasteiger partial charge in [-0.05, 0) is 18.1 Å². The zero-order chi connectivity index (χ0) is 14.6. The molecule has 1 aromatic carbocycles. The summed E-state index contributed by atoms with van der Waals surface area (Å²) in [7, 11) is 0. The Balaban J connectivity index is 0.00000220. The van der Waals surface area contributed by atoms with Crippen molar-refractivity contribution in [3.05, 3.63) is 29.8 Å². The van der Waals surface area contributed by atoms with E-state index in [9.17, 15) is 18.0 Å². The normalized spacial score (nSPS) is 14.8. The molecule has 2 N–H and O–H groups in total. The number of ether oxygens (including phenoxy) is 1. The van der Waals surface area contributed by atoms with E-state index < -0.39 is 6.36 Å². The van der Waals surface area contributed by atoms with Gasteiger partial charge < -0.3 is 15.4 Å². The summed E-state index contributed by atoms with van der Waals surface area (Å²) in [5.41, 5.74) is 0.414. The molecule has 0 aromatic heterocycles. The predicted octanol–water partition coefficient (Wildman–Crippen LogP) is 1.89. The minimum atomic E-state index is -4.71. The lowest BCUT2D eigenvalue weighted by molar-refractivity contribution is -0.274. The predicted molar refractivity (Wildman–Crippen MR) is 73.4 cm³/mol. The van der Waals surface area contributed by atoms with Gasteiger partial charge in [0.1, 0.15) is 5.75 Å². The van der Waals surface area contributed by atoms with Crippen molar-refractivity contribution in [3.8, 4) is 5.75 Å². The summed E-state index contributed by atoms with van der Waals surface area (Å²) in [4.78, 5) is 11.6. The van der Waals surface area contributed by atoms with Crippen LogP contribution >= 0.6 is 12.4 Å². The molecular formula is C13H16ClF3N2O2. The van der Waals surface area contributed by atoms with E-state index in [0.717, 1.165) is 0 Å². The number of hydrogen-bond donors (Lipinski definition) is 2. The van der Waals surface area contributed by atoms with Gasteiger partial charge in [0, 0.05) is 19.6 Å². The average molecular weight is 325 g/mol. The van der Waals surface area contributed by atoms with E-state index in [-0.39, 0.29) is 42.9 Å². The average Bonchev–Trinajstić information content (AvgIpc) is 2.27. The van der Waals surface area contributed by atoms with Crippen molar-refractivity contribution in [1.29, 1.82) is 0 Å². The number of benzene rings is 1. The van der Waals surface area contributed by atoms with Crippen LogP contribution in [-0.2, 0) is 11.2 Å². The third-order valence-electron chi connectivity index (χ3n) is 3.04. The van der Waals surface area contributed by atoms with Crippen molar-refractivity contribution >= 4 is 18.3 Å². The van der Waals surface area contributed by atoms with Gasteiger partial charge in [-0.15, -0.1) is 25.6 Å². The largest absolute Gasteiger partial charge is 0.573 e. The summed E-state index contributed by atoms with van der Waals surface area (Å²) in [5, 5.41) is 5.69. The number of nitrogens with one attached hydrogen (secondary N) is 2. The van der Waals surface area contributed by atoms with Crippen LogP contribution in [0.3, 0.4) is 0 Å². The van der Waals surface area contributed by atoms with E-state index in [1.165, 1.54) is 12.1 Å². The van der Waals surface area contributed by atoms with Crippen molar-refractivity contribution in [1.82, 2.24) is 10.6 Å². The van der Waals surface area contributed by atoms with Crippen LogP contribution in [0.2, 0.25) is 0 Å². The topological polar surface area (TPSA) is 50.4 Å². The van der Waals surface area contributed by atoms with E-state index in [0.29, 0.717) is 18.7 Å². The molecule has 0 unspecified atom stereocenters. The number of amides is 1. The van der Waals surface area contributed by atoms with Gasteiger partial charge in [0.2, 0.25) is 5.91 Å². The Bertz CT molecular complexity index is 479. The third kappa shape index (κ3) is 5.43. The number of halogens is 4. The maximum atomic E-state index is 12.2. The molecule has 8 heteroatoms. The van der Waals surface area contributed by atoms with Crippen LogP contribution in [0.25, 0.3) is 0 Å². The molecule has 118 valence electrons. The first-order chi connectivity index (χ1) is 9.46. The molecule has 1 amide bonds. The molecule has 1 aliphatic rings. The summed E-state index contributed by atoms with van der Waals surface area (Å²) < 4.78 is 40.6. The van der Waals surface area contributed by atoms with Gasteiger partial charge in [-0.1, -0.05) is 18.2 Å². The van der Waals surface area contributed by atoms with E-state index in [4.69, 9.17) is 0 Å². The zero-order valence-corrected chi connectivity index (χ0v) is 11.9. The maximum absolute atomic E-state index is 12.2. The van der Waals surface area contributed by atoms with E-state index in [1.54, 1.807) is 12.1 Å². The van der Waals surface area contributed by atoms with Gasteiger partial charge in [0.05, 0.1) is 5.92 Å². The Kier molecular flexibility index (Phi) is 6.29. The molecule has 0 spiro atoms. The fraction of sp³-hybridized carbons (Fsp3) is 0.462. The highest BCUT2D eigenvalue weighted by atomic mass is 35.5. The van der Waals surface area contributed by atoms with E-state index in [2.05, 4.69) is 15.4 Å². The summed E-state index contributed by atoms with van der Waals surface area (Å²) in [5.74, 6) is -0.325. The number of carbonyl (C=O) groups excluding carboxylic acids is 1. The van der Waals surface area contributed by atoms with Gasteiger partial charge in [-0.3, -0.25) is 4.79 Å². The van der Waals surface area contributed by atoms with Gasteiger partial charge in [0.25, 0.3) is 0 Å². The van der Waals surface area contributed by atoms with Crippen LogP contribution in [0.15, 0.2) is 24.3 Å². The van der Waals surface area contributed by atoms with Crippen LogP contribution in [0, 0.1) is 5.92 Å². The molecule has 2 rings (SSSR count). The van der Waals surface area contributed by atoms with Gasteiger partial charge in [0.15, 0.2) is 0 Å². The van der Waals surface area contributed by atoms with Crippen LogP contribution in [0.4, 0.5) is 13.2 Å². The molecule has 1 fully saturated rings. The molecule has 0 bridgehead atoms. The lowest BCUT2D eigenvalue weighted by Gasteiger charge is -2.25. The van der Waals surface area contributed by atoms with Crippen LogP contribution < -0.4 is 15.4 Å². The van der Waals surface area contributed by atoms with Gasteiger partial charge in [-0.2, -0.15) is 0 Å². The molecule has 0 radical (unpaired) electrons. The van der Waals surface area contributed by atoms with Gasteiger partial charge in [-0.25, -0.2) is 0 Å². The standard InChI is InChI=1S/C13H15F3N2O2.ClH/c14-13(15,16)20-11-4-2-1-3-9(11)5-6-18-12(19)10-7-17-8-10;/h1-4,10,17H,5-8H2,(H,18,19);1H. The highest BCUT2D eigenvalue weighted by molar-refractivity contribution is 5.85. The first-order valence-electron chi connectivity index (χ1n) is 6.28. The fourth-order valence-corrected chi connectivity index (χ4v) is 1.87. The molecule has 4 nitrogen and oxygen atoms in total. The number of alkyl halides is 3.